The van der Waals surface area contributed by atoms with Crippen molar-refractivity contribution in [3.63, 3.8) is 0 Å². The average Bonchev–Trinajstić information content (AvgIpc) is 2.68. The molecule has 1 aliphatic heterocycles. The molecule has 0 spiro atoms. The largest absolute Gasteiger partial charge is 0.478 e. The molecule has 0 saturated carbocycles. The van der Waals surface area contributed by atoms with E-state index in [0.717, 1.165) is 11.1 Å². The van der Waals surface area contributed by atoms with E-state index in [4.69, 9.17) is 9.84 Å². The minimum Gasteiger partial charge on any atom is -0.478 e. The Morgan fingerprint density at radius 2 is 1.93 bits per heavy atom. The predicted molar refractivity (Wildman–Crippen MR) is 103 cm³/mol. The first kappa shape index (κ1) is 19.6. The third-order valence-electron chi connectivity index (χ3n) is 5.23. The van der Waals surface area contributed by atoms with Gasteiger partial charge in [0.15, 0.2) is 0 Å². The second kappa shape index (κ2) is 7.84. The summed E-state index contributed by atoms with van der Waals surface area (Å²) in [4.78, 5) is 25.4. The Morgan fingerprint density at radius 3 is 2.46 bits per heavy atom. The minimum absolute atomic E-state index is 0.193. The number of hydrogen-bond acceptors (Lipinski definition) is 3. The van der Waals surface area contributed by atoms with Gasteiger partial charge in [-0.1, -0.05) is 30.3 Å². The van der Waals surface area contributed by atoms with E-state index in [1.54, 1.807) is 35.2 Å². The Kier molecular flexibility index (Phi) is 5.49. The molecular formula is C22H22FNO4. The maximum Gasteiger partial charge on any atom is 0.411 e. The molecule has 5 nitrogen and oxygen atoms in total. The predicted octanol–water partition coefficient (Wildman–Crippen LogP) is 4.90. The van der Waals surface area contributed by atoms with Crippen LogP contribution in [0.2, 0.25) is 0 Å². The lowest BCUT2D eigenvalue weighted by Crippen LogP contribution is -2.48. The van der Waals surface area contributed by atoms with Crippen LogP contribution in [0.1, 0.15) is 47.3 Å². The van der Waals surface area contributed by atoms with Gasteiger partial charge in [-0.15, -0.1) is 6.58 Å². The number of amides is 1. The van der Waals surface area contributed by atoms with Gasteiger partial charge in [-0.3, -0.25) is 0 Å². The van der Waals surface area contributed by atoms with Crippen LogP contribution in [0.3, 0.4) is 0 Å². The fraction of sp³-hybridized carbons (Fsp3) is 0.273. The molecule has 146 valence electrons. The zero-order valence-corrected chi connectivity index (χ0v) is 15.6. The Hall–Kier alpha value is -3.15. The summed E-state index contributed by atoms with van der Waals surface area (Å²) in [6.45, 7) is 6.09. The summed E-state index contributed by atoms with van der Waals surface area (Å²) in [6, 6.07) is 12.1. The second-order valence-electron chi connectivity index (χ2n) is 6.91. The average molecular weight is 383 g/mol. The first-order chi connectivity index (χ1) is 13.4. The molecule has 28 heavy (non-hydrogen) atoms. The summed E-state index contributed by atoms with van der Waals surface area (Å²) in [5.74, 6) is -1.34. The van der Waals surface area contributed by atoms with Crippen LogP contribution in [0.25, 0.3) is 0 Å². The van der Waals surface area contributed by atoms with Gasteiger partial charge < -0.3 is 14.7 Å². The molecule has 3 rings (SSSR count). The molecule has 0 unspecified atom stereocenters. The molecular weight excluding hydrogens is 361 g/mol. The quantitative estimate of drug-likeness (QED) is 0.721. The van der Waals surface area contributed by atoms with Gasteiger partial charge in [-0.05, 0) is 42.3 Å². The van der Waals surface area contributed by atoms with Crippen molar-refractivity contribution in [2.75, 3.05) is 6.54 Å². The van der Waals surface area contributed by atoms with Gasteiger partial charge in [0.2, 0.25) is 0 Å². The number of hydrogen-bond donors (Lipinski definition) is 1. The fourth-order valence-corrected chi connectivity index (χ4v) is 3.56. The number of cyclic esters (lactones) is 1. The van der Waals surface area contributed by atoms with Crippen molar-refractivity contribution in [3.05, 3.63) is 83.7 Å². The van der Waals surface area contributed by atoms with Crippen LogP contribution in [0, 0.1) is 5.82 Å². The molecule has 0 bridgehead atoms. The minimum atomic E-state index is -0.995. The molecule has 2 atom stereocenters. The lowest BCUT2D eigenvalue weighted by Gasteiger charge is -2.43. The van der Waals surface area contributed by atoms with Crippen molar-refractivity contribution in [2.24, 2.45) is 0 Å². The molecule has 1 saturated heterocycles. The van der Waals surface area contributed by atoms with Gasteiger partial charge >= 0.3 is 12.1 Å². The van der Waals surface area contributed by atoms with Gasteiger partial charge in [-0.2, -0.15) is 0 Å². The Bertz CT molecular complexity index is 878. The summed E-state index contributed by atoms with van der Waals surface area (Å²) in [5, 5.41) is 9.02. The fourth-order valence-electron chi connectivity index (χ4n) is 3.56. The van der Waals surface area contributed by atoms with Crippen molar-refractivity contribution < 1.29 is 23.8 Å². The van der Waals surface area contributed by atoms with Gasteiger partial charge in [-0.25, -0.2) is 14.0 Å². The zero-order valence-electron chi connectivity index (χ0n) is 15.6. The standard InChI is InChI=1S/C22H22FNO4/c1-3-12-22(18-8-10-19(23)11-9-18)13-14-24(21(27)28-22)15(2)16-4-6-17(7-5-16)20(25)26/h3-11,15H,1,12-14H2,2H3,(H,25,26)/t15-,22+/m0/s1. The molecule has 1 amide bonds. The van der Waals surface area contributed by atoms with Crippen molar-refractivity contribution in [2.45, 2.75) is 31.4 Å². The zero-order chi connectivity index (χ0) is 20.3. The smallest absolute Gasteiger partial charge is 0.411 e. The topological polar surface area (TPSA) is 66.8 Å². The van der Waals surface area contributed by atoms with Crippen LogP contribution in [0.5, 0.6) is 0 Å². The van der Waals surface area contributed by atoms with Crippen LogP contribution in [-0.2, 0) is 10.3 Å². The molecule has 2 aromatic rings. The van der Waals surface area contributed by atoms with E-state index in [1.165, 1.54) is 24.3 Å². The van der Waals surface area contributed by atoms with Crippen molar-refractivity contribution in [1.29, 1.82) is 0 Å². The van der Waals surface area contributed by atoms with Gasteiger partial charge in [0.25, 0.3) is 0 Å². The van der Waals surface area contributed by atoms with E-state index in [9.17, 15) is 14.0 Å². The first-order valence-electron chi connectivity index (χ1n) is 9.06. The van der Waals surface area contributed by atoms with E-state index >= 15 is 0 Å². The van der Waals surface area contributed by atoms with Crippen molar-refractivity contribution >= 4 is 12.1 Å². The number of carboxylic acids is 1. The van der Waals surface area contributed by atoms with Crippen LogP contribution >= 0.6 is 0 Å². The number of carboxylic acid groups (broad SMARTS) is 1. The Labute approximate surface area is 163 Å². The van der Waals surface area contributed by atoms with Crippen LogP contribution in [0.4, 0.5) is 9.18 Å². The van der Waals surface area contributed by atoms with E-state index in [0.29, 0.717) is 19.4 Å². The normalized spacial score (nSPS) is 20.4. The van der Waals surface area contributed by atoms with Crippen LogP contribution in [-0.4, -0.2) is 28.6 Å². The summed E-state index contributed by atoms with van der Waals surface area (Å²) < 4.78 is 19.2. The Balaban J connectivity index is 1.80. The van der Waals surface area contributed by atoms with Gasteiger partial charge in [0, 0.05) is 19.4 Å². The third kappa shape index (κ3) is 3.76. The summed E-state index contributed by atoms with van der Waals surface area (Å²) >= 11 is 0. The number of carbonyl (C=O) groups excluding carboxylic acids is 1. The highest BCUT2D eigenvalue weighted by atomic mass is 19.1. The van der Waals surface area contributed by atoms with E-state index in [1.807, 2.05) is 6.92 Å². The Morgan fingerprint density at radius 1 is 1.29 bits per heavy atom. The first-order valence-corrected chi connectivity index (χ1v) is 9.06. The lowest BCUT2D eigenvalue weighted by molar-refractivity contribution is -0.0588. The number of rotatable bonds is 6. The number of aromatic carboxylic acids is 1. The number of ether oxygens (including phenoxy) is 1. The van der Waals surface area contributed by atoms with Crippen molar-refractivity contribution in [1.82, 2.24) is 4.90 Å². The van der Waals surface area contributed by atoms with Gasteiger partial charge in [0.05, 0.1) is 11.6 Å². The maximum atomic E-state index is 13.3. The number of carbonyl (C=O) groups is 2. The molecule has 6 heteroatoms. The molecule has 1 heterocycles. The SMILES string of the molecule is C=CC[C@]1(c2ccc(F)cc2)CCN([C@@H](C)c2ccc(C(=O)O)cc2)C(=O)O1. The highest BCUT2D eigenvalue weighted by Gasteiger charge is 2.42. The monoisotopic (exact) mass is 383 g/mol. The van der Waals surface area contributed by atoms with E-state index < -0.39 is 17.7 Å². The molecule has 1 aliphatic rings. The third-order valence-corrected chi connectivity index (χ3v) is 5.23. The maximum absolute atomic E-state index is 13.3. The molecule has 1 fully saturated rings. The van der Waals surface area contributed by atoms with E-state index in [-0.39, 0.29) is 17.4 Å². The lowest BCUT2D eigenvalue weighted by atomic mass is 9.85. The molecule has 2 aromatic carbocycles. The molecule has 0 aliphatic carbocycles. The van der Waals surface area contributed by atoms with Crippen molar-refractivity contribution in [3.8, 4) is 0 Å². The number of nitrogens with zero attached hydrogens (tertiary/aromatic N) is 1. The summed E-state index contributed by atoms with van der Waals surface area (Å²) in [5.41, 5.74) is 0.884. The highest BCUT2D eigenvalue weighted by molar-refractivity contribution is 5.87. The second-order valence-corrected chi connectivity index (χ2v) is 6.91. The number of halogens is 1. The summed E-state index contributed by atoms with van der Waals surface area (Å²) in [6.07, 6.45) is 2.20. The highest BCUT2D eigenvalue weighted by Crippen LogP contribution is 2.39. The number of benzene rings is 2. The van der Waals surface area contributed by atoms with E-state index in [2.05, 4.69) is 6.58 Å². The molecule has 0 aromatic heterocycles. The molecule has 0 radical (unpaired) electrons. The van der Waals surface area contributed by atoms with Gasteiger partial charge in [0.1, 0.15) is 11.4 Å². The van der Waals surface area contributed by atoms with Crippen LogP contribution in [0.15, 0.2) is 61.2 Å². The summed E-state index contributed by atoms with van der Waals surface area (Å²) in [7, 11) is 0. The van der Waals surface area contributed by atoms with Crippen LogP contribution < -0.4 is 0 Å². The molecule has 1 N–H and O–H groups in total.